The minimum absolute atomic E-state index is 0.126. The molecule has 0 atom stereocenters. The van der Waals surface area contributed by atoms with Crippen LogP contribution in [0, 0.1) is 6.92 Å². The van der Waals surface area contributed by atoms with Gasteiger partial charge in [0.2, 0.25) is 5.91 Å². The first-order valence-electron chi connectivity index (χ1n) is 8.55. The third-order valence-electron chi connectivity index (χ3n) is 4.25. The number of nitrogens with zero attached hydrogens (tertiary/aromatic N) is 2. The Morgan fingerprint density at radius 1 is 1.38 bits per heavy atom. The number of carbonyl (C=O) groups excluding carboxylic acids is 2. The molecule has 3 N–H and O–H groups in total. The average molecular weight is 357 g/mol. The van der Waals surface area contributed by atoms with E-state index in [0.29, 0.717) is 25.3 Å². The van der Waals surface area contributed by atoms with E-state index in [0.717, 1.165) is 35.6 Å². The lowest BCUT2D eigenvalue weighted by Gasteiger charge is -2.19. The number of amides is 3. The number of H-pyrrole nitrogens is 1. The van der Waals surface area contributed by atoms with Gasteiger partial charge >= 0.3 is 6.03 Å². The van der Waals surface area contributed by atoms with E-state index >= 15 is 0 Å². The van der Waals surface area contributed by atoms with Gasteiger partial charge in [0, 0.05) is 31.5 Å². The van der Waals surface area contributed by atoms with Crippen molar-refractivity contribution in [1.82, 2.24) is 15.5 Å². The maximum atomic E-state index is 12.1. The number of hydrogen-bond acceptors (Lipinski definition) is 4. The molecule has 1 aromatic carbocycles. The Labute approximate surface area is 151 Å². The number of carbonyl (C=O) groups is 2. The van der Waals surface area contributed by atoms with Crippen molar-refractivity contribution in [2.45, 2.75) is 32.9 Å². The van der Waals surface area contributed by atoms with Crippen LogP contribution in [-0.2, 0) is 22.7 Å². The topological polar surface area (TPSA) is 99.4 Å². The molecule has 1 aliphatic rings. The van der Waals surface area contributed by atoms with Gasteiger partial charge in [0.05, 0.1) is 24.5 Å². The maximum absolute atomic E-state index is 12.1. The Kier molecular flexibility index (Phi) is 5.52. The van der Waals surface area contributed by atoms with Gasteiger partial charge < -0.3 is 20.3 Å². The maximum Gasteiger partial charge on any atom is 0.319 e. The normalized spacial score (nSPS) is 13.9. The second-order valence-corrected chi connectivity index (χ2v) is 6.28. The highest BCUT2D eigenvalue weighted by Crippen LogP contribution is 2.28. The number of aromatic nitrogens is 2. The van der Waals surface area contributed by atoms with Crippen molar-refractivity contribution in [3.63, 3.8) is 0 Å². The van der Waals surface area contributed by atoms with Gasteiger partial charge in [-0.3, -0.25) is 9.89 Å². The first kappa shape index (κ1) is 17.9. The Morgan fingerprint density at radius 3 is 2.96 bits per heavy atom. The molecule has 3 amide bonds. The largest absolute Gasteiger partial charge is 0.378 e. The number of rotatable bonds is 6. The molecule has 26 heavy (non-hydrogen) atoms. The van der Waals surface area contributed by atoms with Crippen LogP contribution in [0.4, 0.5) is 16.2 Å². The van der Waals surface area contributed by atoms with Crippen LogP contribution in [0.5, 0.6) is 0 Å². The smallest absolute Gasteiger partial charge is 0.319 e. The van der Waals surface area contributed by atoms with Crippen LogP contribution in [0.3, 0.4) is 0 Å². The Hall–Kier alpha value is -2.87. The zero-order valence-corrected chi connectivity index (χ0v) is 15.0. The van der Waals surface area contributed by atoms with E-state index in [9.17, 15) is 9.59 Å². The highest BCUT2D eigenvalue weighted by Gasteiger charge is 2.23. The molecule has 8 nitrogen and oxygen atoms in total. The van der Waals surface area contributed by atoms with Crippen molar-refractivity contribution in [2.24, 2.45) is 0 Å². The molecule has 0 unspecified atom stereocenters. The number of ether oxygens (including phenoxy) is 1. The summed E-state index contributed by atoms with van der Waals surface area (Å²) in [6, 6.07) is 7.09. The molecule has 1 fully saturated rings. The molecule has 8 heteroatoms. The lowest BCUT2D eigenvalue weighted by atomic mass is 10.1. The molecule has 0 saturated carbocycles. The fourth-order valence-corrected chi connectivity index (χ4v) is 2.95. The number of hydrogen-bond donors (Lipinski definition) is 3. The van der Waals surface area contributed by atoms with Gasteiger partial charge in [0.15, 0.2) is 0 Å². The summed E-state index contributed by atoms with van der Waals surface area (Å²) in [6.07, 6.45) is 1.44. The molecule has 0 spiro atoms. The summed E-state index contributed by atoms with van der Waals surface area (Å²) >= 11 is 0. The first-order chi connectivity index (χ1) is 12.6. The Morgan fingerprint density at radius 2 is 2.23 bits per heavy atom. The van der Waals surface area contributed by atoms with E-state index in [-0.39, 0.29) is 11.9 Å². The number of benzene rings is 1. The van der Waals surface area contributed by atoms with Gasteiger partial charge in [-0.2, -0.15) is 5.10 Å². The summed E-state index contributed by atoms with van der Waals surface area (Å²) in [5, 5.41) is 12.5. The standard InChI is InChI=1S/C18H23N5O3/c1-12-5-6-13(9-16(12)23-7-3-4-17(23)24)20-18(25)19-10-14-8-15(11-26-2)22-21-14/h5-6,8-9H,3-4,7,10-11H2,1-2H3,(H,21,22)(H2,19,20,25). The van der Waals surface area contributed by atoms with Crippen molar-refractivity contribution < 1.29 is 14.3 Å². The summed E-state index contributed by atoms with van der Waals surface area (Å²) in [4.78, 5) is 25.9. The van der Waals surface area contributed by atoms with Crippen LogP contribution in [-0.4, -0.2) is 35.8 Å². The number of aryl methyl sites for hydroxylation is 1. The zero-order valence-electron chi connectivity index (χ0n) is 15.0. The van der Waals surface area contributed by atoms with Crippen molar-refractivity contribution in [1.29, 1.82) is 0 Å². The number of methoxy groups -OCH3 is 1. The van der Waals surface area contributed by atoms with Crippen molar-refractivity contribution in [2.75, 3.05) is 23.9 Å². The van der Waals surface area contributed by atoms with Crippen molar-refractivity contribution >= 4 is 23.3 Å². The fraction of sp³-hybridized carbons (Fsp3) is 0.389. The summed E-state index contributed by atoms with van der Waals surface area (Å²) < 4.78 is 5.01. The van der Waals surface area contributed by atoms with Crippen LogP contribution in [0.2, 0.25) is 0 Å². The lowest BCUT2D eigenvalue weighted by Crippen LogP contribution is -2.29. The molecule has 1 aliphatic heterocycles. The van der Waals surface area contributed by atoms with Gasteiger partial charge in [0.25, 0.3) is 0 Å². The fourth-order valence-electron chi connectivity index (χ4n) is 2.95. The third-order valence-corrected chi connectivity index (χ3v) is 4.25. The predicted octanol–water partition coefficient (Wildman–Crippen LogP) is 2.31. The van der Waals surface area contributed by atoms with Crippen molar-refractivity contribution in [3.05, 3.63) is 41.2 Å². The molecular formula is C18H23N5O3. The Balaban J connectivity index is 1.59. The van der Waals surface area contributed by atoms with Gasteiger partial charge in [-0.1, -0.05) is 6.07 Å². The van der Waals surface area contributed by atoms with E-state index in [4.69, 9.17) is 4.74 Å². The van der Waals surface area contributed by atoms with Gasteiger partial charge in [-0.05, 0) is 37.1 Å². The first-order valence-corrected chi connectivity index (χ1v) is 8.55. The van der Waals surface area contributed by atoms with Crippen LogP contribution < -0.4 is 15.5 Å². The van der Waals surface area contributed by atoms with E-state index in [1.807, 2.05) is 31.2 Å². The quantitative estimate of drug-likeness (QED) is 0.739. The molecule has 2 heterocycles. The van der Waals surface area contributed by atoms with Crippen LogP contribution >= 0.6 is 0 Å². The lowest BCUT2D eigenvalue weighted by molar-refractivity contribution is -0.117. The van der Waals surface area contributed by atoms with Gasteiger partial charge in [-0.25, -0.2) is 4.79 Å². The molecule has 0 radical (unpaired) electrons. The molecule has 1 saturated heterocycles. The molecule has 2 aromatic rings. The van der Waals surface area contributed by atoms with Crippen LogP contribution in [0.1, 0.15) is 29.8 Å². The van der Waals surface area contributed by atoms with E-state index < -0.39 is 0 Å². The highest BCUT2D eigenvalue weighted by atomic mass is 16.5. The summed E-state index contributed by atoms with van der Waals surface area (Å²) in [6.45, 7) is 3.43. The van der Waals surface area contributed by atoms with Crippen LogP contribution in [0.25, 0.3) is 0 Å². The number of aromatic amines is 1. The minimum Gasteiger partial charge on any atom is -0.378 e. The number of nitrogens with one attached hydrogen (secondary N) is 3. The summed E-state index contributed by atoms with van der Waals surface area (Å²) in [5.41, 5.74) is 4.08. The van der Waals surface area contributed by atoms with Crippen LogP contribution in [0.15, 0.2) is 24.3 Å². The second kappa shape index (κ2) is 8.01. The molecular weight excluding hydrogens is 334 g/mol. The van der Waals surface area contributed by atoms with E-state index in [1.54, 1.807) is 12.0 Å². The monoisotopic (exact) mass is 357 g/mol. The minimum atomic E-state index is -0.324. The number of anilines is 2. The summed E-state index contributed by atoms with van der Waals surface area (Å²) in [5.74, 6) is 0.126. The zero-order chi connectivity index (χ0) is 18.5. The second-order valence-electron chi connectivity index (χ2n) is 6.28. The Bertz CT molecular complexity index is 802. The summed E-state index contributed by atoms with van der Waals surface area (Å²) in [7, 11) is 1.60. The van der Waals surface area contributed by atoms with Gasteiger partial charge in [-0.15, -0.1) is 0 Å². The average Bonchev–Trinajstić information content (AvgIpc) is 3.24. The molecule has 3 rings (SSSR count). The van der Waals surface area contributed by atoms with Gasteiger partial charge in [0.1, 0.15) is 0 Å². The predicted molar refractivity (Wildman–Crippen MR) is 97.9 cm³/mol. The third kappa shape index (κ3) is 4.20. The molecule has 0 aliphatic carbocycles. The molecule has 0 bridgehead atoms. The van der Waals surface area contributed by atoms with E-state index in [1.165, 1.54) is 0 Å². The number of urea groups is 1. The SMILES string of the molecule is COCc1cc(CNC(=O)Nc2ccc(C)c(N3CCCC3=O)c2)[nH]n1. The molecule has 1 aromatic heterocycles. The molecule has 138 valence electrons. The van der Waals surface area contributed by atoms with E-state index in [2.05, 4.69) is 20.8 Å². The highest BCUT2D eigenvalue weighted by molar-refractivity contribution is 5.97. The van der Waals surface area contributed by atoms with Crippen molar-refractivity contribution in [3.8, 4) is 0 Å².